The van der Waals surface area contributed by atoms with Crippen molar-refractivity contribution in [3.8, 4) is 0 Å². The van der Waals surface area contributed by atoms with Crippen LogP contribution >= 0.6 is 0 Å². The van der Waals surface area contributed by atoms with Crippen molar-refractivity contribution in [2.24, 2.45) is 0 Å². The molecule has 2 heterocycles. The highest BCUT2D eigenvalue weighted by molar-refractivity contribution is 5.19. The van der Waals surface area contributed by atoms with Gasteiger partial charge in [-0.15, -0.1) is 0 Å². The molecule has 2 rings (SSSR count). The molecule has 1 saturated heterocycles. The maximum atomic E-state index is 5.20. The fourth-order valence-electron chi connectivity index (χ4n) is 2.43. The second-order valence-electron chi connectivity index (χ2n) is 4.19. The van der Waals surface area contributed by atoms with Gasteiger partial charge in [0.1, 0.15) is 0 Å². The average molecular weight is 193 g/mol. The summed E-state index contributed by atoms with van der Waals surface area (Å²) < 4.78 is 5.20. The summed E-state index contributed by atoms with van der Waals surface area (Å²) in [7, 11) is 0. The summed E-state index contributed by atoms with van der Waals surface area (Å²) in [4.78, 5) is 0. The summed E-state index contributed by atoms with van der Waals surface area (Å²) in [5.74, 6) is 0. The molecular weight excluding hydrogens is 174 g/mol. The lowest BCUT2D eigenvalue weighted by molar-refractivity contribution is 0.310. The van der Waals surface area contributed by atoms with Crippen LogP contribution < -0.4 is 5.32 Å². The van der Waals surface area contributed by atoms with Crippen LogP contribution in [-0.4, -0.2) is 6.54 Å². The predicted octanol–water partition coefficient (Wildman–Crippen LogP) is 3.05. The Morgan fingerprint density at radius 2 is 2.36 bits per heavy atom. The van der Waals surface area contributed by atoms with Gasteiger partial charge in [0.25, 0.3) is 0 Å². The molecule has 1 aromatic rings. The van der Waals surface area contributed by atoms with Crippen molar-refractivity contribution < 1.29 is 4.42 Å². The predicted molar refractivity (Wildman–Crippen MR) is 57.1 cm³/mol. The Balaban J connectivity index is 2.23. The normalized spacial score (nSPS) is 28.6. The number of nitrogens with one attached hydrogen (secondary N) is 1. The van der Waals surface area contributed by atoms with Crippen LogP contribution in [0.4, 0.5) is 0 Å². The largest absolute Gasteiger partial charge is 0.472 e. The zero-order valence-electron chi connectivity index (χ0n) is 8.88. The van der Waals surface area contributed by atoms with Crippen molar-refractivity contribution in [1.29, 1.82) is 0 Å². The highest BCUT2D eigenvalue weighted by atomic mass is 16.3. The van der Waals surface area contributed by atoms with Gasteiger partial charge in [-0.2, -0.15) is 0 Å². The highest BCUT2D eigenvalue weighted by Crippen LogP contribution is 2.32. The van der Waals surface area contributed by atoms with Crippen molar-refractivity contribution >= 4 is 0 Å². The Kier molecular flexibility index (Phi) is 2.92. The van der Waals surface area contributed by atoms with Crippen molar-refractivity contribution in [2.75, 3.05) is 6.54 Å². The molecule has 1 aromatic heterocycles. The maximum absolute atomic E-state index is 5.20. The van der Waals surface area contributed by atoms with E-state index >= 15 is 0 Å². The van der Waals surface area contributed by atoms with Crippen molar-refractivity contribution in [3.05, 3.63) is 24.2 Å². The van der Waals surface area contributed by atoms with Crippen LogP contribution in [0.1, 0.15) is 44.6 Å². The molecule has 14 heavy (non-hydrogen) atoms. The van der Waals surface area contributed by atoms with Crippen LogP contribution in [0.5, 0.6) is 0 Å². The van der Waals surface area contributed by atoms with E-state index in [1.165, 1.54) is 31.2 Å². The molecule has 2 nitrogen and oxygen atoms in total. The van der Waals surface area contributed by atoms with Gasteiger partial charge in [0, 0.05) is 11.1 Å². The molecule has 0 saturated carbocycles. The minimum Gasteiger partial charge on any atom is -0.472 e. The Hall–Kier alpha value is -0.760. The summed E-state index contributed by atoms with van der Waals surface area (Å²) in [5.41, 5.74) is 1.51. The fraction of sp³-hybridized carbons (Fsp3) is 0.667. The van der Waals surface area contributed by atoms with E-state index in [0.29, 0.717) is 0 Å². The van der Waals surface area contributed by atoms with Crippen LogP contribution in [-0.2, 0) is 5.54 Å². The summed E-state index contributed by atoms with van der Waals surface area (Å²) in [6.45, 7) is 3.39. The molecule has 0 radical (unpaired) electrons. The molecular formula is C12H19NO. The molecule has 0 aromatic carbocycles. The van der Waals surface area contributed by atoms with Crippen LogP contribution in [0.25, 0.3) is 0 Å². The van der Waals surface area contributed by atoms with Gasteiger partial charge in [-0.05, 0) is 31.9 Å². The molecule has 0 aliphatic carbocycles. The summed E-state index contributed by atoms with van der Waals surface area (Å²) in [6.07, 6.45) is 10.0. The summed E-state index contributed by atoms with van der Waals surface area (Å²) >= 11 is 0. The molecule has 0 amide bonds. The van der Waals surface area contributed by atoms with E-state index in [2.05, 4.69) is 18.3 Å². The van der Waals surface area contributed by atoms with Gasteiger partial charge in [-0.1, -0.05) is 19.8 Å². The van der Waals surface area contributed by atoms with Gasteiger partial charge in [0.15, 0.2) is 0 Å². The topological polar surface area (TPSA) is 25.2 Å². The first-order valence-electron chi connectivity index (χ1n) is 5.65. The third-order valence-electron chi connectivity index (χ3n) is 3.42. The third kappa shape index (κ3) is 1.71. The molecule has 1 aliphatic heterocycles. The van der Waals surface area contributed by atoms with E-state index in [1.54, 1.807) is 6.26 Å². The second kappa shape index (κ2) is 4.18. The molecule has 1 N–H and O–H groups in total. The molecule has 2 heteroatoms. The zero-order valence-corrected chi connectivity index (χ0v) is 8.88. The second-order valence-corrected chi connectivity index (χ2v) is 4.19. The average Bonchev–Trinajstić information content (AvgIpc) is 2.64. The lowest BCUT2D eigenvalue weighted by Crippen LogP contribution is -2.40. The van der Waals surface area contributed by atoms with Gasteiger partial charge in [0.2, 0.25) is 0 Å². The number of rotatable bonds is 2. The first-order valence-corrected chi connectivity index (χ1v) is 5.65. The molecule has 78 valence electrons. The monoisotopic (exact) mass is 193 g/mol. The van der Waals surface area contributed by atoms with E-state index in [0.717, 1.165) is 13.0 Å². The van der Waals surface area contributed by atoms with Crippen LogP contribution in [0.2, 0.25) is 0 Å². The van der Waals surface area contributed by atoms with Gasteiger partial charge >= 0.3 is 0 Å². The molecule has 1 unspecified atom stereocenters. The number of hydrogen-bond acceptors (Lipinski definition) is 2. The Morgan fingerprint density at radius 3 is 3.07 bits per heavy atom. The number of furan rings is 1. The first kappa shape index (κ1) is 9.78. The summed E-state index contributed by atoms with van der Waals surface area (Å²) in [5, 5.41) is 3.69. The van der Waals surface area contributed by atoms with Crippen molar-refractivity contribution in [1.82, 2.24) is 5.32 Å². The standard InChI is InChI=1S/C12H19NO/c1-2-12(11-6-9-14-10-11)7-4-3-5-8-13-12/h6,9-10,13H,2-5,7-8H2,1H3. The third-order valence-corrected chi connectivity index (χ3v) is 3.42. The lowest BCUT2D eigenvalue weighted by atomic mass is 9.85. The van der Waals surface area contributed by atoms with E-state index < -0.39 is 0 Å². The minimum atomic E-state index is 0.184. The fourth-order valence-corrected chi connectivity index (χ4v) is 2.43. The van der Waals surface area contributed by atoms with Crippen molar-refractivity contribution in [3.63, 3.8) is 0 Å². The van der Waals surface area contributed by atoms with E-state index in [9.17, 15) is 0 Å². The van der Waals surface area contributed by atoms with Gasteiger partial charge in [-0.25, -0.2) is 0 Å². The lowest BCUT2D eigenvalue weighted by Gasteiger charge is -2.31. The molecule has 1 atom stereocenters. The van der Waals surface area contributed by atoms with Gasteiger partial charge in [-0.3, -0.25) is 0 Å². The smallest absolute Gasteiger partial charge is 0.0953 e. The first-order chi connectivity index (χ1) is 6.87. The van der Waals surface area contributed by atoms with Crippen LogP contribution in [0, 0.1) is 0 Å². The molecule has 1 fully saturated rings. The Bertz CT molecular complexity index is 258. The number of hydrogen-bond donors (Lipinski definition) is 1. The highest BCUT2D eigenvalue weighted by Gasteiger charge is 2.31. The molecule has 1 aliphatic rings. The maximum Gasteiger partial charge on any atom is 0.0953 e. The minimum absolute atomic E-state index is 0.184. The Labute approximate surface area is 85.7 Å². The van der Waals surface area contributed by atoms with Crippen LogP contribution in [0.15, 0.2) is 23.0 Å². The zero-order chi connectivity index (χ0) is 9.86. The van der Waals surface area contributed by atoms with E-state index in [-0.39, 0.29) is 5.54 Å². The van der Waals surface area contributed by atoms with Crippen LogP contribution in [0.3, 0.4) is 0 Å². The quantitative estimate of drug-likeness (QED) is 0.781. The molecule has 0 bridgehead atoms. The SMILES string of the molecule is CCC1(c2ccoc2)CCCCCN1. The molecule has 0 spiro atoms. The van der Waals surface area contributed by atoms with E-state index in [1.807, 2.05) is 6.26 Å². The van der Waals surface area contributed by atoms with E-state index in [4.69, 9.17) is 4.42 Å². The Morgan fingerprint density at radius 1 is 1.43 bits per heavy atom. The van der Waals surface area contributed by atoms with Crippen molar-refractivity contribution in [2.45, 2.75) is 44.6 Å². The van der Waals surface area contributed by atoms with Gasteiger partial charge in [0.05, 0.1) is 12.5 Å². The summed E-state index contributed by atoms with van der Waals surface area (Å²) in [6, 6.07) is 2.10. The van der Waals surface area contributed by atoms with Gasteiger partial charge < -0.3 is 9.73 Å².